The topological polar surface area (TPSA) is 74.3 Å². The number of aromatic amines is 1. The number of hydrogen-bond donors (Lipinski definition) is 1. The highest BCUT2D eigenvalue weighted by molar-refractivity contribution is 5.76. The maximum Gasteiger partial charge on any atom is 0.320 e. The van der Waals surface area contributed by atoms with Gasteiger partial charge in [0, 0.05) is 38.0 Å². The maximum absolute atomic E-state index is 13.0. The van der Waals surface area contributed by atoms with Crippen LogP contribution in [0, 0.1) is 5.82 Å². The number of carbonyl (C=O) groups excluding carboxylic acids is 1. The molecule has 154 valence electrons. The Morgan fingerprint density at radius 1 is 0.967 bits per heavy atom. The first-order valence-electron chi connectivity index (χ1n) is 10.1. The lowest BCUT2D eigenvalue weighted by Gasteiger charge is -2.41. The van der Waals surface area contributed by atoms with E-state index in [0.29, 0.717) is 24.0 Å². The molecule has 2 aliphatic heterocycles. The maximum atomic E-state index is 13.0. The van der Waals surface area contributed by atoms with Gasteiger partial charge in [-0.1, -0.05) is 17.3 Å². The van der Waals surface area contributed by atoms with E-state index in [2.05, 4.69) is 15.4 Å². The van der Waals surface area contributed by atoms with Gasteiger partial charge in [-0.05, 0) is 48.4 Å². The SMILES string of the molecule is O=C(N1CC(c2ccc(Oc3ccc(F)cc3)cc2)C1)N1CC[C@@H](c2cnn[nH]2)C1. The van der Waals surface area contributed by atoms with Crippen LogP contribution in [0.2, 0.25) is 0 Å². The van der Waals surface area contributed by atoms with Crippen molar-refractivity contribution in [3.8, 4) is 11.5 Å². The van der Waals surface area contributed by atoms with Crippen molar-refractivity contribution in [2.45, 2.75) is 18.3 Å². The zero-order valence-electron chi connectivity index (χ0n) is 16.4. The van der Waals surface area contributed by atoms with Crippen molar-refractivity contribution in [3.63, 3.8) is 0 Å². The summed E-state index contributed by atoms with van der Waals surface area (Å²) in [6.07, 6.45) is 2.67. The zero-order chi connectivity index (χ0) is 20.5. The Bertz CT molecular complexity index is 1000. The summed E-state index contributed by atoms with van der Waals surface area (Å²) >= 11 is 0. The third-order valence-electron chi connectivity index (χ3n) is 5.89. The highest BCUT2D eigenvalue weighted by Crippen LogP contribution is 2.32. The number of halogens is 1. The number of ether oxygens (including phenoxy) is 1. The highest BCUT2D eigenvalue weighted by atomic mass is 19.1. The van der Waals surface area contributed by atoms with E-state index in [0.717, 1.165) is 31.7 Å². The van der Waals surface area contributed by atoms with Crippen LogP contribution >= 0.6 is 0 Å². The zero-order valence-corrected chi connectivity index (χ0v) is 16.4. The van der Waals surface area contributed by atoms with Crippen molar-refractivity contribution in [1.29, 1.82) is 0 Å². The number of rotatable bonds is 4. The van der Waals surface area contributed by atoms with Crippen LogP contribution in [-0.2, 0) is 0 Å². The summed E-state index contributed by atoms with van der Waals surface area (Å²) in [5, 5.41) is 10.5. The van der Waals surface area contributed by atoms with Crippen LogP contribution in [0.4, 0.5) is 9.18 Å². The van der Waals surface area contributed by atoms with E-state index in [9.17, 15) is 9.18 Å². The fraction of sp³-hybridized carbons (Fsp3) is 0.318. The average molecular weight is 407 g/mol. The third-order valence-corrected chi connectivity index (χ3v) is 5.89. The Balaban J connectivity index is 1.13. The molecule has 0 bridgehead atoms. The Labute approximate surface area is 173 Å². The molecular weight excluding hydrogens is 385 g/mol. The summed E-state index contributed by atoms with van der Waals surface area (Å²) in [6, 6.07) is 13.9. The van der Waals surface area contributed by atoms with Gasteiger partial charge in [0.25, 0.3) is 0 Å². The quantitative estimate of drug-likeness (QED) is 0.715. The number of amides is 2. The van der Waals surface area contributed by atoms with Crippen LogP contribution < -0.4 is 4.74 Å². The van der Waals surface area contributed by atoms with Crippen molar-refractivity contribution in [2.75, 3.05) is 26.2 Å². The largest absolute Gasteiger partial charge is 0.457 e. The Hall–Kier alpha value is -3.42. The van der Waals surface area contributed by atoms with Crippen LogP contribution in [0.1, 0.15) is 29.5 Å². The number of likely N-dealkylation sites (tertiary alicyclic amines) is 2. The van der Waals surface area contributed by atoms with Crippen LogP contribution in [0.15, 0.2) is 54.7 Å². The van der Waals surface area contributed by atoms with Crippen molar-refractivity contribution >= 4 is 6.03 Å². The number of benzene rings is 2. The molecule has 3 heterocycles. The number of urea groups is 1. The number of hydrogen-bond acceptors (Lipinski definition) is 4. The molecule has 7 nitrogen and oxygen atoms in total. The molecule has 2 aliphatic rings. The summed E-state index contributed by atoms with van der Waals surface area (Å²) in [6.45, 7) is 2.92. The first-order valence-corrected chi connectivity index (χ1v) is 10.1. The molecule has 3 aromatic rings. The smallest absolute Gasteiger partial charge is 0.320 e. The Kier molecular flexibility index (Phi) is 4.82. The standard InChI is InChI=1S/C22H22FN5O2/c23-18-3-7-20(8-4-18)30-19-5-1-15(2-6-19)17-13-28(14-17)22(29)27-10-9-16(12-27)21-11-24-26-25-21/h1-8,11,16-17H,9-10,12-14H2,(H,24,25,26)/t16-/m1/s1. The molecule has 1 atom stereocenters. The van der Waals surface area contributed by atoms with E-state index in [1.165, 1.54) is 17.7 Å². The molecule has 2 aromatic carbocycles. The second kappa shape index (κ2) is 7.78. The molecule has 5 rings (SSSR count). The summed E-state index contributed by atoms with van der Waals surface area (Å²) in [4.78, 5) is 16.6. The molecule has 1 N–H and O–H groups in total. The van der Waals surface area contributed by atoms with Gasteiger partial charge in [0.1, 0.15) is 17.3 Å². The van der Waals surface area contributed by atoms with Gasteiger partial charge in [-0.15, -0.1) is 5.10 Å². The van der Waals surface area contributed by atoms with Crippen molar-refractivity contribution < 1.29 is 13.9 Å². The van der Waals surface area contributed by atoms with E-state index < -0.39 is 0 Å². The Morgan fingerprint density at radius 3 is 2.30 bits per heavy atom. The molecule has 2 amide bonds. The van der Waals surface area contributed by atoms with E-state index in [-0.39, 0.29) is 17.8 Å². The fourth-order valence-corrected chi connectivity index (χ4v) is 4.08. The number of nitrogens with one attached hydrogen (secondary N) is 1. The molecule has 2 saturated heterocycles. The average Bonchev–Trinajstić information content (AvgIpc) is 3.41. The van der Waals surface area contributed by atoms with E-state index in [4.69, 9.17) is 4.74 Å². The molecule has 0 spiro atoms. The molecule has 30 heavy (non-hydrogen) atoms. The third kappa shape index (κ3) is 3.72. The lowest BCUT2D eigenvalue weighted by Crippen LogP contribution is -2.53. The van der Waals surface area contributed by atoms with Gasteiger partial charge in [-0.25, -0.2) is 9.18 Å². The summed E-state index contributed by atoms with van der Waals surface area (Å²) in [7, 11) is 0. The first kappa shape index (κ1) is 18.6. The molecule has 2 fully saturated rings. The molecule has 0 aliphatic carbocycles. The molecule has 0 unspecified atom stereocenters. The van der Waals surface area contributed by atoms with Crippen LogP contribution in [-0.4, -0.2) is 57.4 Å². The number of nitrogens with zero attached hydrogens (tertiary/aromatic N) is 4. The van der Waals surface area contributed by atoms with E-state index >= 15 is 0 Å². The van der Waals surface area contributed by atoms with E-state index in [1.54, 1.807) is 18.3 Å². The van der Waals surface area contributed by atoms with Gasteiger partial charge in [-0.3, -0.25) is 5.10 Å². The van der Waals surface area contributed by atoms with Crippen molar-refractivity contribution in [2.24, 2.45) is 0 Å². The van der Waals surface area contributed by atoms with Crippen LogP contribution in [0.3, 0.4) is 0 Å². The number of aromatic nitrogens is 3. The number of carbonyl (C=O) groups is 1. The van der Waals surface area contributed by atoms with Gasteiger partial charge < -0.3 is 14.5 Å². The van der Waals surface area contributed by atoms with Crippen molar-refractivity contribution in [3.05, 3.63) is 71.8 Å². The first-order chi connectivity index (χ1) is 14.7. The normalized spacial score (nSPS) is 19.0. The number of H-pyrrole nitrogens is 1. The fourth-order valence-electron chi connectivity index (χ4n) is 4.08. The van der Waals surface area contributed by atoms with Gasteiger partial charge in [0.2, 0.25) is 0 Å². The Morgan fingerprint density at radius 2 is 1.63 bits per heavy atom. The predicted molar refractivity (Wildman–Crippen MR) is 108 cm³/mol. The monoisotopic (exact) mass is 407 g/mol. The minimum absolute atomic E-state index is 0.109. The van der Waals surface area contributed by atoms with Gasteiger partial charge in [-0.2, -0.15) is 0 Å². The summed E-state index contributed by atoms with van der Waals surface area (Å²) in [5.41, 5.74) is 2.18. The molecule has 0 radical (unpaired) electrons. The second-order valence-electron chi connectivity index (χ2n) is 7.85. The minimum atomic E-state index is -0.287. The van der Waals surface area contributed by atoms with E-state index in [1.807, 2.05) is 34.1 Å². The molecule has 0 saturated carbocycles. The molecule has 1 aromatic heterocycles. The second-order valence-corrected chi connectivity index (χ2v) is 7.85. The highest BCUT2D eigenvalue weighted by Gasteiger charge is 2.37. The lowest BCUT2D eigenvalue weighted by atomic mass is 9.92. The minimum Gasteiger partial charge on any atom is -0.457 e. The van der Waals surface area contributed by atoms with Crippen LogP contribution in [0.5, 0.6) is 11.5 Å². The van der Waals surface area contributed by atoms with Crippen LogP contribution in [0.25, 0.3) is 0 Å². The van der Waals surface area contributed by atoms with Gasteiger partial charge in [0.05, 0.1) is 11.9 Å². The summed E-state index contributed by atoms with van der Waals surface area (Å²) in [5.74, 6) is 1.64. The summed E-state index contributed by atoms with van der Waals surface area (Å²) < 4.78 is 18.7. The molecule has 8 heteroatoms. The predicted octanol–water partition coefficient (Wildman–Crippen LogP) is 3.74. The lowest BCUT2D eigenvalue weighted by molar-refractivity contribution is 0.121. The van der Waals surface area contributed by atoms with Gasteiger partial charge in [0.15, 0.2) is 0 Å². The molecular formula is C22H22FN5O2. The van der Waals surface area contributed by atoms with Gasteiger partial charge >= 0.3 is 6.03 Å². The van der Waals surface area contributed by atoms with Crippen molar-refractivity contribution in [1.82, 2.24) is 25.2 Å².